The zero-order valence-corrected chi connectivity index (χ0v) is 10.8. The average Bonchev–Trinajstić information content (AvgIpc) is 2.68. The molecule has 1 heterocycles. The lowest BCUT2D eigenvalue weighted by molar-refractivity contribution is 0.545. The highest BCUT2D eigenvalue weighted by molar-refractivity contribution is 5.19. The molecular formula is C13H17FN4. The summed E-state index contributed by atoms with van der Waals surface area (Å²) in [5.74, 6) is 1.57. The molecule has 5 heteroatoms. The minimum atomic E-state index is -0.213. The Morgan fingerprint density at radius 2 is 1.94 bits per heavy atom. The lowest BCUT2D eigenvalue weighted by Crippen LogP contribution is -2.20. The van der Waals surface area contributed by atoms with Crippen molar-refractivity contribution >= 4 is 0 Å². The van der Waals surface area contributed by atoms with E-state index in [0.29, 0.717) is 6.54 Å². The van der Waals surface area contributed by atoms with Gasteiger partial charge in [0.05, 0.1) is 6.54 Å². The van der Waals surface area contributed by atoms with Crippen LogP contribution >= 0.6 is 0 Å². The maximum absolute atomic E-state index is 12.8. The van der Waals surface area contributed by atoms with Gasteiger partial charge in [0.15, 0.2) is 0 Å². The first-order chi connectivity index (χ1) is 8.58. The molecule has 0 aliphatic heterocycles. The molecule has 0 aliphatic rings. The van der Waals surface area contributed by atoms with E-state index < -0.39 is 0 Å². The van der Waals surface area contributed by atoms with E-state index in [9.17, 15) is 4.39 Å². The standard InChI is InChI=1S/C13H17FN4/c1-9(11-4-6-12(14)7-5-11)15-8-13-17-16-10(2)18(13)3/h4-7,9,15H,8H2,1-3H3/t9-/m0/s1. The van der Waals surface area contributed by atoms with Crippen LogP contribution < -0.4 is 5.32 Å². The van der Waals surface area contributed by atoms with E-state index in [1.807, 2.05) is 25.5 Å². The van der Waals surface area contributed by atoms with Crippen LogP contribution in [0.25, 0.3) is 0 Å². The second-order valence-electron chi connectivity index (χ2n) is 4.38. The number of halogens is 1. The Morgan fingerprint density at radius 3 is 2.50 bits per heavy atom. The maximum Gasteiger partial charge on any atom is 0.146 e. The van der Waals surface area contributed by atoms with E-state index in [1.165, 1.54) is 12.1 Å². The van der Waals surface area contributed by atoms with E-state index in [2.05, 4.69) is 15.5 Å². The third-order valence-electron chi connectivity index (χ3n) is 3.12. The molecule has 0 fully saturated rings. The normalized spacial score (nSPS) is 12.7. The molecule has 1 aromatic carbocycles. The van der Waals surface area contributed by atoms with Crippen LogP contribution in [0.1, 0.15) is 30.2 Å². The summed E-state index contributed by atoms with van der Waals surface area (Å²) >= 11 is 0. The molecule has 4 nitrogen and oxygen atoms in total. The minimum absolute atomic E-state index is 0.141. The Kier molecular flexibility index (Phi) is 3.72. The van der Waals surface area contributed by atoms with Gasteiger partial charge >= 0.3 is 0 Å². The van der Waals surface area contributed by atoms with Gasteiger partial charge in [-0.15, -0.1) is 10.2 Å². The molecule has 0 saturated heterocycles. The monoisotopic (exact) mass is 248 g/mol. The number of aromatic nitrogens is 3. The van der Waals surface area contributed by atoms with Crippen molar-refractivity contribution in [2.75, 3.05) is 0 Å². The second kappa shape index (κ2) is 5.27. The third-order valence-corrected chi connectivity index (χ3v) is 3.12. The van der Waals surface area contributed by atoms with E-state index in [0.717, 1.165) is 17.2 Å². The number of nitrogens with zero attached hydrogens (tertiary/aromatic N) is 3. The quantitative estimate of drug-likeness (QED) is 0.901. The zero-order chi connectivity index (χ0) is 13.1. The van der Waals surface area contributed by atoms with Gasteiger partial charge in [0.1, 0.15) is 17.5 Å². The van der Waals surface area contributed by atoms with Gasteiger partial charge in [0.2, 0.25) is 0 Å². The second-order valence-corrected chi connectivity index (χ2v) is 4.38. The Bertz CT molecular complexity index is 518. The number of hydrogen-bond donors (Lipinski definition) is 1. The van der Waals surface area contributed by atoms with Crippen molar-refractivity contribution in [3.63, 3.8) is 0 Å². The van der Waals surface area contributed by atoms with Gasteiger partial charge < -0.3 is 9.88 Å². The molecule has 0 unspecified atom stereocenters. The van der Waals surface area contributed by atoms with Crippen molar-refractivity contribution in [3.8, 4) is 0 Å². The number of benzene rings is 1. The molecule has 0 bridgehead atoms. The van der Waals surface area contributed by atoms with Crippen LogP contribution in [0.4, 0.5) is 4.39 Å². The zero-order valence-electron chi connectivity index (χ0n) is 10.8. The number of nitrogens with one attached hydrogen (secondary N) is 1. The summed E-state index contributed by atoms with van der Waals surface area (Å²) in [5, 5.41) is 11.4. The molecule has 1 atom stereocenters. The Morgan fingerprint density at radius 1 is 1.28 bits per heavy atom. The molecule has 96 valence electrons. The van der Waals surface area contributed by atoms with Crippen LogP contribution in [0.2, 0.25) is 0 Å². The van der Waals surface area contributed by atoms with Crippen LogP contribution in [0.15, 0.2) is 24.3 Å². The molecular weight excluding hydrogens is 231 g/mol. The van der Waals surface area contributed by atoms with Crippen molar-refractivity contribution < 1.29 is 4.39 Å². The maximum atomic E-state index is 12.8. The molecule has 0 spiro atoms. The fraction of sp³-hybridized carbons (Fsp3) is 0.385. The predicted octanol–water partition coefficient (Wildman–Crippen LogP) is 2.11. The largest absolute Gasteiger partial charge is 0.317 e. The highest BCUT2D eigenvalue weighted by Gasteiger charge is 2.08. The molecule has 0 saturated carbocycles. The highest BCUT2D eigenvalue weighted by Crippen LogP contribution is 2.13. The SMILES string of the molecule is Cc1nnc(CN[C@@H](C)c2ccc(F)cc2)n1C. The molecule has 1 aromatic heterocycles. The molecule has 1 N–H and O–H groups in total. The Labute approximate surface area is 106 Å². The van der Waals surface area contributed by atoms with Gasteiger partial charge in [-0.25, -0.2) is 4.39 Å². The Balaban J connectivity index is 1.98. The van der Waals surface area contributed by atoms with Crippen molar-refractivity contribution in [2.24, 2.45) is 7.05 Å². The lowest BCUT2D eigenvalue weighted by atomic mass is 10.1. The van der Waals surface area contributed by atoms with E-state index in [-0.39, 0.29) is 11.9 Å². The van der Waals surface area contributed by atoms with Gasteiger partial charge in [0.25, 0.3) is 0 Å². The summed E-state index contributed by atoms with van der Waals surface area (Å²) in [4.78, 5) is 0. The first-order valence-corrected chi connectivity index (χ1v) is 5.91. The number of aryl methyl sites for hydroxylation is 1. The fourth-order valence-corrected chi connectivity index (χ4v) is 1.72. The van der Waals surface area contributed by atoms with Gasteiger partial charge in [0, 0.05) is 13.1 Å². The molecule has 0 amide bonds. The van der Waals surface area contributed by atoms with Gasteiger partial charge in [-0.3, -0.25) is 0 Å². The van der Waals surface area contributed by atoms with Crippen LogP contribution in [0.3, 0.4) is 0 Å². The lowest BCUT2D eigenvalue weighted by Gasteiger charge is -2.13. The first-order valence-electron chi connectivity index (χ1n) is 5.91. The third kappa shape index (κ3) is 2.73. The summed E-state index contributed by atoms with van der Waals surface area (Å²) in [6.07, 6.45) is 0. The van der Waals surface area contributed by atoms with Crippen molar-refractivity contribution in [3.05, 3.63) is 47.3 Å². The minimum Gasteiger partial charge on any atom is -0.317 e. The Hall–Kier alpha value is -1.75. The van der Waals surface area contributed by atoms with Crippen LogP contribution in [-0.4, -0.2) is 14.8 Å². The van der Waals surface area contributed by atoms with Gasteiger partial charge in [-0.2, -0.15) is 0 Å². The summed E-state index contributed by atoms with van der Waals surface area (Å²) in [6, 6.07) is 6.66. The molecule has 18 heavy (non-hydrogen) atoms. The molecule has 0 radical (unpaired) electrons. The van der Waals surface area contributed by atoms with Gasteiger partial charge in [-0.05, 0) is 31.5 Å². The first kappa shape index (κ1) is 12.7. The van der Waals surface area contributed by atoms with E-state index in [1.54, 1.807) is 12.1 Å². The van der Waals surface area contributed by atoms with Crippen molar-refractivity contribution in [1.82, 2.24) is 20.1 Å². The highest BCUT2D eigenvalue weighted by atomic mass is 19.1. The van der Waals surface area contributed by atoms with Crippen molar-refractivity contribution in [1.29, 1.82) is 0 Å². The smallest absolute Gasteiger partial charge is 0.146 e. The number of hydrogen-bond acceptors (Lipinski definition) is 3. The molecule has 2 aromatic rings. The average molecular weight is 248 g/mol. The van der Waals surface area contributed by atoms with Crippen LogP contribution in [-0.2, 0) is 13.6 Å². The molecule has 2 rings (SSSR count). The fourth-order valence-electron chi connectivity index (χ4n) is 1.72. The van der Waals surface area contributed by atoms with E-state index >= 15 is 0 Å². The predicted molar refractivity (Wildman–Crippen MR) is 67.4 cm³/mol. The summed E-state index contributed by atoms with van der Waals surface area (Å²) in [7, 11) is 1.94. The van der Waals surface area contributed by atoms with Crippen LogP contribution in [0.5, 0.6) is 0 Å². The summed E-state index contributed by atoms with van der Waals surface area (Å²) in [5.41, 5.74) is 1.05. The topological polar surface area (TPSA) is 42.7 Å². The van der Waals surface area contributed by atoms with Gasteiger partial charge in [-0.1, -0.05) is 12.1 Å². The summed E-state index contributed by atoms with van der Waals surface area (Å²) < 4.78 is 14.8. The number of rotatable bonds is 4. The van der Waals surface area contributed by atoms with Crippen molar-refractivity contribution in [2.45, 2.75) is 26.4 Å². The molecule has 0 aliphatic carbocycles. The summed E-state index contributed by atoms with van der Waals surface area (Å²) in [6.45, 7) is 4.59. The van der Waals surface area contributed by atoms with E-state index in [4.69, 9.17) is 0 Å². The van der Waals surface area contributed by atoms with Crippen LogP contribution in [0, 0.1) is 12.7 Å².